The summed E-state index contributed by atoms with van der Waals surface area (Å²) in [6, 6.07) is 11.2. The van der Waals surface area contributed by atoms with Crippen LogP contribution < -0.4 is 0 Å². The zero-order valence-electron chi connectivity index (χ0n) is 16.1. The summed E-state index contributed by atoms with van der Waals surface area (Å²) in [6.45, 7) is 4.13. The van der Waals surface area contributed by atoms with Gasteiger partial charge in [0.05, 0.1) is 10.6 Å². The number of phenols is 1. The molecule has 1 aromatic carbocycles. The van der Waals surface area contributed by atoms with Crippen molar-refractivity contribution in [3.05, 3.63) is 53.4 Å². The fraction of sp³-hybridized carbons (Fsp3) is 0.286. The van der Waals surface area contributed by atoms with Crippen LogP contribution in [0.5, 0.6) is 5.75 Å². The van der Waals surface area contributed by atoms with Gasteiger partial charge in [0.1, 0.15) is 5.75 Å². The van der Waals surface area contributed by atoms with Crippen molar-refractivity contribution in [3.8, 4) is 16.5 Å². The maximum Gasteiger partial charge on any atom is 0.233 e. The molecule has 1 amide bonds. The minimum atomic E-state index is 0.110. The summed E-state index contributed by atoms with van der Waals surface area (Å²) in [5.41, 5.74) is 2.31. The van der Waals surface area contributed by atoms with Crippen LogP contribution in [0.2, 0.25) is 0 Å². The van der Waals surface area contributed by atoms with Crippen molar-refractivity contribution < 1.29 is 9.90 Å². The predicted octanol–water partition coefficient (Wildman–Crippen LogP) is 4.14. The number of aromatic hydroxyl groups is 1. The maximum absolute atomic E-state index is 12.7. The summed E-state index contributed by atoms with van der Waals surface area (Å²) in [5, 5.41) is 20.9. The second-order valence-corrected chi connectivity index (χ2v) is 8.57. The van der Waals surface area contributed by atoms with Crippen LogP contribution in [0.1, 0.15) is 18.9 Å². The summed E-state index contributed by atoms with van der Waals surface area (Å²) >= 11 is 3.08. The van der Waals surface area contributed by atoms with Gasteiger partial charge in [-0.3, -0.25) is 4.79 Å². The Hall–Kier alpha value is -2.58. The van der Waals surface area contributed by atoms with Gasteiger partial charge in [-0.1, -0.05) is 36.0 Å². The van der Waals surface area contributed by atoms with Gasteiger partial charge in [0.2, 0.25) is 5.91 Å². The summed E-state index contributed by atoms with van der Waals surface area (Å²) < 4.78 is 2.06. The first-order valence-electron chi connectivity index (χ1n) is 9.51. The van der Waals surface area contributed by atoms with E-state index in [0.29, 0.717) is 18.8 Å². The van der Waals surface area contributed by atoms with E-state index in [1.165, 1.54) is 17.3 Å². The molecule has 0 saturated heterocycles. The number of hydrogen-bond acceptors (Lipinski definition) is 6. The monoisotopic (exact) mass is 426 g/mol. The van der Waals surface area contributed by atoms with Gasteiger partial charge >= 0.3 is 0 Å². The molecule has 150 valence electrons. The molecule has 1 aliphatic heterocycles. The van der Waals surface area contributed by atoms with Crippen molar-refractivity contribution >= 4 is 34.6 Å². The van der Waals surface area contributed by atoms with Crippen LogP contribution in [0.3, 0.4) is 0 Å². The fourth-order valence-electron chi connectivity index (χ4n) is 3.32. The molecule has 6 nitrogen and oxygen atoms in total. The van der Waals surface area contributed by atoms with Crippen molar-refractivity contribution in [3.63, 3.8) is 0 Å². The highest BCUT2D eigenvalue weighted by atomic mass is 32.2. The molecule has 1 aliphatic rings. The Morgan fingerprint density at radius 2 is 2.07 bits per heavy atom. The van der Waals surface area contributed by atoms with E-state index < -0.39 is 0 Å². The molecule has 0 fully saturated rings. The molecular weight excluding hydrogens is 404 g/mol. The van der Waals surface area contributed by atoms with E-state index in [1.54, 1.807) is 23.5 Å². The first-order valence-corrected chi connectivity index (χ1v) is 11.4. The molecule has 0 atom stereocenters. The van der Waals surface area contributed by atoms with Gasteiger partial charge in [-0.15, -0.1) is 21.5 Å². The van der Waals surface area contributed by atoms with Crippen molar-refractivity contribution in [2.45, 2.75) is 25.0 Å². The topological polar surface area (TPSA) is 71.2 Å². The summed E-state index contributed by atoms with van der Waals surface area (Å²) in [7, 11) is 0. The average Bonchev–Trinajstić information content (AvgIpc) is 3.42. The van der Waals surface area contributed by atoms with Crippen LogP contribution in [0, 0.1) is 0 Å². The van der Waals surface area contributed by atoms with Gasteiger partial charge in [0.25, 0.3) is 0 Å². The molecule has 29 heavy (non-hydrogen) atoms. The number of carbonyl (C=O) groups excluding carboxylic acids is 1. The lowest BCUT2D eigenvalue weighted by atomic mass is 9.99. The van der Waals surface area contributed by atoms with Crippen molar-refractivity contribution in [1.29, 1.82) is 0 Å². The molecule has 0 saturated carbocycles. The SMILES string of the molecule is CCn1c(SCC(=O)N2CC=C(c3ccc(O)cc3)CC2)nnc1-c1cccs1. The molecule has 0 spiro atoms. The summed E-state index contributed by atoms with van der Waals surface area (Å²) in [4.78, 5) is 15.6. The first-order chi connectivity index (χ1) is 14.2. The van der Waals surface area contributed by atoms with Crippen molar-refractivity contribution in [1.82, 2.24) is 19.7 Å². The zero-order valence-corrected chi connectivity index (χ0v) is 17.7. The molecule has 4 rings (SSSR count). The summed E-state index contributed by atoms with van der Waals surface area (Å²) in [5.74, 6) is 1.59. The van der Waals surface area contributed by atoms with Crippen LogP contribution >= 0.6 is 23.1 Å². The minimum absolute atomic E-state index is 0.110. The van der Waals surface area contributed by atoms with Gasteiger partial charge in [0.15, 0.2) is 11.0 Å². The highest BCUT2D eigenvalue weighted by Crippen LogP contribution is 2.28. The number of hydrogen-bond donors (Lipinski definition) is 1. The molecule has 0 bridgehead atoms. The molecule has 8 heteroatoms. The molecule has 3 aromatic rings. The van der Waals surface area contributed by atoms with E-state index in [9.17, 15) is 9.90 Å². The van der Waals surface area contributed by atoms with Gasteiger partial charge in [-0.2, -0.15) is 0 Å². The highest BCUT2D eigenvalue weighted by Gasteiger charge is 2.20. The van der Waals surface area contributed by atoms with Crippen LogP contribution in [-0.2, 0) is 11.3 Å². The van der Waals surface area contributed by atoms with Crippen LogP contribution in [0.4, 0.5) is 0 Å². The van der Waals surface area contributed by atoms with Crippen LogP contribution in [0.25, 0.3) is 16.3 Å². The smallest absolute Gasteiger partial charge is 0.233 e. The van der Waals surface area contributed by atoms with E-state index >= 15 is 0 Å². The number of thioether (sulfide) groups is 1. The highest BCUT2D eigenvalue weighted by molar-refractivity contribution is 7.99. The Morgan fingerprint density at radius 1 is 1.24 bits per heavy atom. The largest absolute Gasteiger partial charge is 0.508 e. The number of nitrogens with zero attached hydrogens (tertiary/aromatic N) is 4. The number of amides is 1. The van der Waals surface area contributed by atoms with Crippen molar-refractivity contribution in [2.75, 3.05) is 18.8 Å². The Morgan fingerprint density at radius 3 is 2.72 bits per heavy atom. The van der Waals surface area contributed by atoms with Gasteiger partial charge in [-0.25, -0.2) is 0 Å². The minimum Gasteiger partial charge on any atom is -0.508 e. The number of aromatic nitrogens is 3. The number of phenolic OH excluding ortho intramolecular Hbond substituents is 1. The predicted molar refractivity (Wildman–Crippen MR) is 117 cm³/mol. The normalized spacial score (nSPS) is 14.1. The van der Waals surface area contributed by atoms with Crippen LogP contribution in [-0.4, -0.2) is 49.5 Å². The third kappa shape index (κ3) is 4.38. The Bertz CT molecular complexity index is 1010. The van der Waals surface area contributed by atoms with E-state index in [0.717, 1.165) is 34.4 Å². The number of thiophene rings is 1. The second kappa shape index (κ2) is 8.84. The Balaban J connectivity index is 1.37. The number of carbonyl (C=O) groups is 1. The van der Waals surface area contributed by atoms with Gasteiger partial charge in [0, 0.05) is 19.6 Å². The van der Waals surface area contributed by atoms with E-state index in [2.05, 4.69) is 27.8 Å². The maximum atomic E-state index is 12.7. The van der Waals surface area contributed by atoms with Crippen molar-refractivity contribution in [2.24, 2.45) is 0 Å². The standard InChI is InChI=1S/C21H22N4O2S2/c1-2-25-20(18-4-3-13-28-18)22-23-21(25)29-14-19(27)24-11-9-16(10-12-24)15-5-7-17(26)8-6-15/h3-9,13,26H,2,10-12,14H2,1H3. The zero-order chi connectivity index (χ0) is 20.2. The summed E-state index contributed by atoms with van der Waals surface area (Å²) in [6.07, 6.45) is 2.91. The second-order valence-electron chi connectivity index (χ2n) is 6.68. The van der Waals surface area contributed by atoms with E-state index in [-0.39, 0.29) is 11.7 Å². The molecular formula is C21H22N4O2S2. The lowest BCUT2D eigenvalue weighted by Gasteiger charge is -2.26. The van der Waals surface area contributed by atoms with Gasteiger partial charge in [-0.05, 0) is 48.1 Å². The van der Waals surface area contributed by atoms with Crippen LogP contribution in [0.15, 0.2) is 53.0 Å². The Kier molecular flexibility index (Phi) is 6.01. The van der Waals surface area contributed by atoms with E-state index in [4.69, 9.17) is 0 Å². The number of benzene rings is 1. The average molecular weight is 427 g/mol. The fourth-order valence-corrected chi connectivity index (χ4v) is 4.94. The van der Waals surface area contributed by atoms with E-state index in [1.807, 2.05) is 34.5 Å². The molecule has 2 aromatic heterocycles. The molecule has 1 N–H and O–H groups in total. The molecule has 0 unspecified atom stereocenters. The quantitative estimate of drug-likeness (QED) is 0.600. The first kappa shape index (κ1) is 19.7. The lowest BCUT2D eigenvalue weighted by Crippen LogP contribution is -2.35. The lowest BCUT2D eigenvalue weighted by molar-refractivity contribution is -0.127. The third-order valence-corrected chi connectivity index (χ3v) is 6.72. The molecule has 0 radical (unpaired) electrons. The van der Waals surface area contributed by atoms with Gasteiger partial charge < -0.3 is 14.6 Å². The molecule has 3 heterocycles. The molecule has 0 aliphatic carbocycles. The Labute approximate surface area is 177 Å². The third-order valence-electron chi connectivity index (χ3n) is 4.90. The number of rotatable bonds is 6.